The second-order valence-electron chi connectivity index (χ2n) is 4.70. The Labute approximate surface area is 148 Å². The molecule has 0 bridgehead atoms. The molecule has 0 saturated heterocycles. The van der Waals surface area contributed by atoms with Gasteiger partial charge in [-0.05, 0) is 48.5 Å². The van der Waals surface area contributed by atoms with Crippen molar-refractivity contribution >= 4 is 33.5 Å². The first-order valence-corrected chi connectivity index (χ1v) is 7.60. The van der Waals surface area contributed by atoms with Crippen LogP contribution in [0.5, 0.6) is 5.75 Å². The third-order valence-corrected chi connectivity index (χ3v) is 3.31. The van der Waals surface area contributed by atoms with Gasteiger partial charge in [-0.2, -0.15) is 0 Å². The fourth-order valence-corrected chi connectivity index (χ4v) is 2.00. The molecule has 5 nitrogen and oxygen atoms in total. The van der Waals surface area contributed by atoms with E-state index in [0.717, 1.165) is 28.7 Å². The summed E-state index contributed by atoms with van der Waals surface area (Å²) < 4.78 is 45.5. The number of amides is 1. The molecule has 0 aliphatic heterocycles. The predicted octanol–water partition coefficient (Wildman–Crippen LogP) is 4.14. The molecule has 0 heterocycles. The molecule has 2 aromatic rings. The summed E-state index contributed by atoms with van der Waals surface area (Å²) in [5.41, 5.74) is 0.517. The van der Waals surface area contributed by atoms with Crippen LogP contribution in [0.2, 0.25) is 0 Å². The first kappa shape index (κ1) is 18.8. The van der Waals surface area contributed by atoms with Crippen molar-refractivity contribution in [1.29, 1.82) is 0 Å². The van der Waals surface area contributed by atoms with E-state index in [1.54, 1.807) is 24.3 Å². The molecule has 0 spiro atoms. The van der Waals surface area contributed by atoms with Crippen molar-refractivity contribution in [2.24, 2.45) is 0 Å². The lowest BCUT2D eigenvalue weighted by atomic mass is 10.2. The Morgan fingerprint density at radius 3 is 2.16 bits per heavy atom. The molecule has 2 aromatic carbocycles. The van der Waals surface area contributed by atoms with Gasteiger partial charge in [0.15, 0.2) is 6.61 Å². The normalized spacial score (nSPS) is 10.9. The average molecular weight is 418 g/mol. The Bertz CT molecular complexity index is 745. The number of nitrogens with one attached hydrogen (secondary N) is 1. The molecule has 0 aliphatic rings. The first-order chi connectivity index (χ1) is 11.7. The van der Waals surface area contributed by atoms with Crippen LogP contribution in [0.3, 0.4) is 0 Å². The highest BCUT2D eigenvalue weighted by molar-refractivity contribution is 9.10. The summed E-state index contributed by atoms with van der Waals surface area (Å²) in [6, 6.07) is 10.9. The standard InChI is InChI=1S/C16H11BrF3NO4/c17-11-3-5-12(6-4-11)21-14(22)9-24-15(23)10-1-7-13(8-2-10)25-16(18,19)20/h1-8H,9H2,(H,21,22). The van der Waals surface area contributed by atoms with Gasteiger partial charge in [-0.3, -0.25) is 4.79 Å². The molecule has 0 unspecified atom stereocenters. The van der Waals surface area contributed by atoms with Gasteiger partial charge in [0.1, 0.15) is 5.75 Å². The van der Waals surface area contributed by atoms with Crippen molar-refractivity contribution < 1.29 is 32.2 Å². The number of ether oxygens (including phenoxy) is 2. The van der Waals surface area contributed by atoms with Gasteiger partial charge in [-0.25, -0.2) is 4.79 Å². The number of halogens is 4. The lowest BCUT2D eigenvalue weighted by Gasteiger charge is -2.09. The van der Waals surface area contributed by atoms with Crippen LogP contribution in [0.4, 0.5) is 18.9 Å². The van der Waals surface area contributed by atoms with Gasteiger partial charge >= 0.3 is 12.3 Å². The quantitative estimate of drug-likeness (QED) is 0.742. The number of hydrogen-bond acceptors (Lipinski definition) is 4. The number of hydrogen-bond donors (Lipinski definition) is 1. The van der Waals surface area contributed by atoms with Gasteiger partial charge in [0.25, 0.3) is 5.91 Å². The number of alkyl halides is 3. The summed E-state index contributed by atoms with van der Waals surface area (Å²) in [6.07, 6.45) is -4.81. The summed E-state index contributed by atoms with van der Waals surface area (Å²) >= 11 is 3.26. The van der Waals surface area contributed by atoms with Crippen molar-refractivity contribution in [2.75, 3.05) is 11.9 Å². The van der Waals surface area contributed by atoms with Gasteiger partial charge < -0.3 is 14.8 Å². The van der Waals surface area contributed by atoms with Crippen LogP contribution in [-0.4, -0.2) is 24.8 Å². The molecule has 0 radical (unpaired) electrons. The highest BCUT2D eigenvalue weighted by atomic mass is 79.9. The molecule has 132 valence electrons. The van der Waals surface area contributed by atoms with Gasteiger partial charge in [-0.1, -0.05) is 15.9 Å². The van der Waals surface area contributed by atoms with Crippen molar-refractivity contribution in [2.45, 2.75) is 6.36 Å². The fourth-order valence-electron chi connectivity index (χ4n) is 1.74. The molecular formula is C16H11BrF3NO4. The lowest BCUT2D eigenvalue weighted by Crippen LogP contribution is -2.21. The molecule has 0 fully saturated rings. The third-order valence-electron chi connectivity index (χ3n) is 2.79. The zero-order chi connectivity index (χ0) is 18.4. The van der Waals surface area contributed by atoms with E-state index in [4.69, 9.17) is 4.74 Å². The lowest BCUT2D eigenvalue weighted by molar-refractivity contribution is -0.274. The number of carbonyl (C=O) groups is 2. The minimum atomic E-state index is -4.81. The van der Waals surface area contributed by atoms with Crippen molar-refractivity contribution in [1.82, 2.24) is 0 Å². The monoisotopic (exact) mass is 417 g/mol. The highest BCUT2D eigenvalue weighted by Crippen LogP contribution is 2.23. The largest absolute Gasteiger partial charge is 0.573 e. The summed E-state index contributed by atoms with van der Waals surface area (Å²) in [7, 11) is 0. The molecule has 9 heteroatoms. The zero-order valence-electron chi connectivity index (χ0n) is 12.5. The van der Waals surface area contributed by atoms with E-state index in [1.165, 1.54) is 0 Å². The van der Waals surface area contributed by atoms with E-state index < -0.39 is 30.6 Å². The van der Waals surface area contributed by atoms with E-state index in [9.17, 15) is 22.8 Å². The Morgan fingerprint density at radius 1 is 1.00 bits per heavy atom. The number of esters is 1. The van der Waals surface area contributed by atoms with Crippen molar-refractivity contribution in [3.8, 4) is 5.75 Å². The molecule has 2 rings (SSSR count). The average Bonchev–Trinajstić information content (AvgIpc) is 2.54. The minimum absolute atomic E-state index is 0.00836. The Morgan fingerprint density at radius 2 is 1.60 bits per heavy atom. The van der Waals surface area contributed by atoms with E-state index in [1.807, 2.05) is 0 Å². The van der Waals surface area contributed by atoms with E-state index in [2.05, 4.69) is 26.0 Å². The molecule has 1 amide bonds. The van der Waals surface area contributed by atoms with Crippen molar-refractivity contribution in [3.05, 3.63) is 58.6 Å². The Balaban J connectivity index is 1.85. The van der Waals surface area contributed by atoms with Crippen LogP contribution >= 0.6 is 15.9 Å². The highest BCUT2D eigenvalue weighted by Gasteiger charge is 2.31. The predicted molar refractivity (Wildman–Crippen MR) is 86.2 cm³/mol. The summed E-state index contributed by atoms with van der Waals surface area (Å²) in [5, 5.41) is 2.53. The maximum absolute atomic E-state index is 12.1. The molecule has 0 saturated carbocycles. The van der Waals surface area contributed by atoms with Crippen LogP contribution in [0.15, 0.2) is 53.0 Å². The molecular weight excluding hydrogens is 407 g/mol. The smallest absolute Gasteiger partial charge is 0.452 e. The summed E-state index contributed by atoms with van der Waals surface area (Å²) in [6.45, 7) is -0.532. The van der Waals surface area contributed by atoms with Crippen LogP contribution in [0.1, 0.15) is 10.4 Å². The zero-order valence-corrected chi connectivity index (χ0v) is 14.1. The summed E-state index contributed by atoms with van der Waals surface area (Å²) in [4.78, 5) is 23.5. The second kappa shape index (κ2) is 8.02. The second-order valence-corrected chi connectivity index (χ2v) is 5.62. The number of anilines is 1. The number of benzene rings is 2. The van der Waals surface area contributed by atoms with Crippen molar-refractivity contribution in [3.63, 3.8) is 0 Å². The van der Waals surface area contributed by atoms with Crippen LogP contribution in [0.25, 0.3) is 0 Å². The minimum Gasteiger partial charge on any atom is -0.452 e. The van der Waals surface area contributed by atoms with Gasteiger partial charge in [0.05, 0.1) is 5.56 Å². The van der Waals surface area contributed by atoms with E-state index >= 15 is 0 Å². The van der Waals surface area contributed by atoms with Gasteiger partial charge in [-0.15, -0.1) is 13.2 Å². The third kappa shape index (κ3) is 6.46. The van der Waals surface area contributed by atoms with Crippen LogP contribution < -0.4 is 10.1 Å². The molecule has 0 aliphatic carbocycles. The molecule has 0 aromatic heterocycles. The molecule has 25 heavy (non-hydrogen) atoms. The van der Waals surface area contributed by atoms with Gasteiger partial charge in [0.2, 0.25) is 0 Å². The molecule has 0 atom stereocenters. The van der Waals surface area contributed by atoms with Crippen LogP contribution in [0, 0.1) is 0 Å². The summed E-state index contributed by atoms with van der Waals surface area (Å²) in [5.74, 6) is -1.85. The molecule has 1 N–H and O–H groups in total. The van der Waals surface area contributed by atoms with Gasteiger partial charge in [0, 0.05) is 10.2 Å². The maximum atomic E-state index is 12.1. The van der Waals surface area contributed by atoms with E-state index in [-0.39, 0.29) is 5.56 Å². The maximum Gasteiger partial charge on any atom is 0.573 e. The van der Waals surface area contributed by atoms with Crippen LogP contribution in [-0.2, 0) is 9.53 Å². The number of rotatable bonds is 5. The Kier molecular flexibility index (Phi) is 6.02. The fraction of sp³-hybridized carbons (Fsp3) is 0.125. The van der Waals surface area contributed by atoms with E-state index in [0.29, 0.717) is 5.69 Å². The Hall–Kier alpha value is -2.55. The topological polar surface area (TPSA) is 64.6 Å². The first-order valence-electron chi connectivity index (χ1n) is 6.81. The number of carbonyl (C=O) groups excluding carboxylic acids is 2. The SMILES string of the molecule is O=C(COC(=O)c1ccc(OC(F)(F)F)cc1)Nc1ccc(Br)cc1.